The van der Waals surface area contributed by atoms with Crippen LogP contribution in [-0.4, -0.2) is 64.5 Å². The number of hydrogen-bond acceptors (Lipinski definition) is 9. The Hall–Kier alpha value is -0.940. The Morgan fingerprint density at radius 1 is 1.38 bits per heavy atom. The van der Waals surface area contributed by atoms with E-state index in [0.717, 1.165) is 23.7 Å². The number of amides is 1. The molecule has 0 radical (unpaired) electrons. The van der Waals surface area contributed by atoms with Crippen LogP contribution in [0.5, 0.6) is 0 Å². The molecule has 3 aliphatic heterocycles. The molecule has 3 heterocycles. The fourth-order valence-corrected chi connectivity index (χ4v) is 6.40. The van der Waals surface area contributed by atoms with E-state index < -0.39 is 36.2 Å². The fourth-order valence-electron chi connectivity index (χ4n) is 3.13. The number of esters is 2. The first kappa shape index (κ1) is 24.3. The first-order valence-corrected chi connectivity index (χ1v) is 11.0. The van der Waals surface area contributed by atoms with Gasteiger partial charge >= 0.3 is 11.9 Å². The molecule has 2 N–H and O–H groups in total. The van der Waals surface area contributed by atoms with Crippen LogP contribution in [0.2, 0.25) is 0 Å². The van der Waals surface area contributed by atoms with Crippen molar-refractivity contribution in [3.05, 3.63) is 9.93 Å². The molecule has 0 bridgehead atoms. The van der Waals surface area contributed by atoms with Crippen LogP contribution in [-0.2, 0) is 23.9 Å². The quantitative estimate of drug-likeness (QED) is 0.343. The molecule has 0 aromatic heterocycles. The van der Waals surface area contributed by atoms with Gasteiger partial charge in [-0.2, -0.15) is 0 Å². The van der Waals surface area contributed by atoms with Crippen molar-refractivity contribution in [1.29, 1.82) is 0 Å². The average Bonchev–Trinajstić information content (AvgIpc) is 3.20. The molecule has 164 valence electrons. The molecule has 8 nitrogen and oxygen atoms in total. The van der Waals surface area contributed by atoms with Crippen molar-refractivity contribution < 1.29 is 29.0 Å². The van der Waals surface area contributed by atoms with Gasteiger partial charge in [0.25, 0.3) is 0 Å². The van der Waals surface area contributed by atoms with Gasteiger partial charge in [-0.3, -0.25) is 14.5 Å². The van der Waals surface area contributed by atoms with Gasteiger partial charge in [0, 0.05) is 11.8 Å². The zero-order chi connectivity index (χ0) is 20.6. The van der Waals surface area contributed by atoms with E-state index in [1.54, 1.807) is 39.5 Å². The molecule has 29 heavy (non-hydrogen) atoms. The van der Waals surface area contributed by atoms with Crippen molar-refractivity contribution in [2.75, 3.05) is 19.9 Å². The average molecular weight is 467 g/mol. The van der Waals surface area contributed by atoms with E-state index in [0.29, 0.717) is 5.25 Å². The maximum atomic E-state index is 12.7. The summed E-state index contributed by atoms with van der Waals surface area (Å²) in [5.41, 5.74) is -0.505. The zero-order valence-corrected chi connectivity index (χ0v) is 19.2. The molecule has 3 aliphatic rings. The van der Waals surface area contributed by atoms with E-state index in [-0.39, 0.29) is 29.4 Å². The van der Waals surface area contributed by atoms with Gasteiger partial charge < -0.3 is 19.9 Å². The van der Waals surface area contributed by atoms with Gasteiger partial charge in [-0.1, -0.05) is 11.8 Å². The van der Waals surface area contributed by atoms with Crippen molar-refractivity contribution in [3.8, 4) is 0 Å². The molecule has 0 aliphatic carbocycles. The van der Waals surface area contributed by atoms with Crippen molar-refractivity contribution in [1.82, 2.24) is 10.2 Å². The molecular weight excluding hydrogens is 440 g/mol. The second-order valence-electron chi connectivity index (χ2n) is 8.08. The number of aliphatic hydroxyl groups is 1. The highest BCUT2D eigenvalue weighted by Gasteiger charge is 2.58. The van der Waals surface area contributed by atoms with E-state index in [9.17, 15) is 19.5 Å². The summed E-state index contributed by atoms with van der Waals surface area (Å²) in [6.07, 6.45) is 0.183. The van der Waals surface area contributed by atoms with Gasteiger partial charge in [-0.25, -0.2) is 4.79 Å². The summed E-state index contributed by atoms with van der Waals surface area (Å²) in [6.45, 7) is 7.94. The Morgan fingerprint density at radius 3 is 2.62 bits per heavy atom. The Morgan fingerprint density at radius 2 is 2.07 bits per heavy atom. The van der Waals surface area contributed by atoms with Crippen LogP contribution >= 0.6 is 35.9 Å². The molecule has 2 fully saturated rings. The van der Waals surface area contributed by atoms with E-state index in [4.69, 9.17) is 9.47 Å². The normalized spacial score (nSPS) is 27.1. The summed E-state index contributed by atoms with van der Waals surface area (Å²) in [4.78, 5) is 38.4. The third-order valence-corrected chi connectivity index (χ3v) is 7.61. The largest absolute Gasteiger partial charge is 0.427 e. The molecule has 3 rings (SSSR count). The van der Waals surface area contributed by atoms with E-state index in [2.05, 4.69) is 5.32 Å². The first-order chi connectivity index (χ1) is 13.1. The zero-order valence-electron chi connectivity index (χ0n) is 16.8. The highest BCUT2D eigenvalue weighted by atomic mass is 35.5. The summed E-state index contributed by atoms with van der Waals surface area (Å²) >= 11 is 2.97. The number of ether oxygens (including phenoxy) is 2. The summed E-state index contributed by atoms with van der Waals surface area (Å²) in [5.74, 6) is -1.99. The fraction of sp³-hybridized carbons (Fsp3) is 0.722. The number of fused-ring (bicyclic) bond motifs is 1. The Balaban J connectivity index is 0.00000300. The van der Waals surface area contributed by atoms with Crippen LogP contribution in [0.1, 0.15) is 34.1 Å². The lowest BCUT2D eigenvalue weighted by Gasteiger charge is -2.43. The molecule has 11 heteroatoms. The van der Waals surface area contributed by atoms with Crippen molar-refractivity contribution >= 4 is 53.8 Å². The van der Waals surface area contributed by atoms with Crippen LogP contribution < -0.4 is 5.32 Å². The molecule has 3 unspecified atom stereocenters. The maximum absolute atomic E-state index is 12.7. The number of carbonyl (C=O) groups excluding carboxylic acids is 3. The molecule has 0 spiro atoms. The smallest absolute Gasteiger partial charge is 0.359 e. The SMILES string of the molecule is CC(O)C1C(=O)N2C(C(=O)OCOC(=O)C(C)(C)C)=C(SC3CCNC3)S[C@H]12.Cl. The summed E-state index contributed by atoms with van der Waals surface area (Å²) in [6, 6.07) is 0. The van der Waals surface area contributed by atoms with Crippen LogP contribution in [0.25, 0.3) is 0 Å². The minimum Gasteiger partial charge on any atom is -0.427 e. The number of carbonyl (C=O) groups is 3. The Kier molecular flexibility index (Phi) is 7.94. The Bertz CT molecular complexity index is 703. The van der Waals surface area contributed by atoms with E-state index >= 15 is 0 Å². The highest BCUT2D eigenvalue weighted by Crippen LogP contribution is 2.55. The minimum atomic E-state index is -0.788. The van der Waals surface area contributed by atoms with Crippen molar-refractivity contribution in [3.63, 3.8) is 0 Å². The number of rotatable bonds is 6. The molecule has 0 aromatic carbocycles. The highest BCUT2D eigenvalue weighted by molar-refractivity contribution is 8.23. The number of thioether (sulfide) groups is 2. The van der Waals surface area contributed by atoms with Crippen LogP contribution in [0.4, 0.5) is 0 Å². The summed E-state index contributed by atoms with van der Waals surface area (Å²) < 4.78 is 10.9. The minimum absolute atomic E-state index is 0. The number of aliphatic hydroxyl groups excluding tert-OH is 1. The standard InChI is InChI=1S/C18H26N2O6S2.ClH/c1-9(21)11-13(22)20-12(15(23)25-8-26-17(24)18(2,3)4)16(28-14(11)20)27-10-5-6-19-7-10;/h9-11,14,19,21H,5-8H2,1-4H3;1H/t9?,10?,11?,14-;/m1./s1. The van der Waals surface area contributed by atoms with Crippen LogP contribution in [0.3, 0.4) is 0 Å². The molecule has 2 saturated heterocycles. The monoisotopic (exact) mass is 466 g/mol. The molecule has 0 saturated carbocycles. The lowest BCUT2D eigenvalue weighted by Crippen LogP contribution is -2.60. The number of nitrogens with one attached hydrogen (secondary N) is 1. The lowest BCUT2D eigenvalue weighted by atomic mass is 9.92. The summed E-state index contributed by atoms with van der Waals surface area (Å²) in [7, 11) is 0. The van der Waals surface area contributed by atoms with Gasteiger partial charge in [0.1, 0.15) is 5.37 Å². The van der Waals surface area contributed by atoms with Gasteiger partial charge in [0.15, 0.2) is 5.70 Å². The second-order valence-corrected chi connectivity index (χ2v) is 10.8. The number of nitrogens with zero attached hydrogens (tertiary/aromatic N) is 1. The number of halogens is 1. The van der Waals surface area contributed by atoms with Crippen LogP contribution in [0.15, 0.2) is 9.93 Å². The topological polar surface area (TPSA) is 105 Å². The number of hydrogen-bond donors (Lipinski definition) is 2. The van der Waals surface area contributed by atoms with Gasteiger partial charge in [0.05, 0.1) is 21.7 Å². The van der Waals surface area contributed by atoms with Crippen molar-refractivity contribution in [2.45, 2.75) is 50.8 Å². The third-order valence-electron chi connectivity index (χ3n) is 4.74. The third kappa shape index (κ3) is 5.04. The van der Waals surface area contributed by atoms with Gasteiger partial charge in [0.2, 0.25) is 12.7 Å². The van der Waals surface area contributed by atoms with E-state index in [1.807, 2.05) is 0 Å². The van der Waals surface area contributed by atoms with Gasteiger partial charge in [-0.15, -0.1) is 24.2 Å². The predicted octanol–water partition coefficient (Wildman–Crippen LogP) is 1.67. The molecule has 4 atom stereocenters. The summed E-state index contributed by atoms with van der Waals surface area (Å²) in [5, 5.41) is 13.2. The molecule has 1 amide bonds. The second kappa shape index (κ2) is 9.47. The van der Waals surface area contributed by atoms with E-state index in [1.165, 1.54) is 16.7 Å². The predicted molar refractivity (Wildman–Crippen MR) is 113 cm³/mol. The van der Waals surface area contributed by atoms with Crippen molar-refractivity contribution in [2.24, 2.45) is 11.3 Å². The maximum Gasteiger partial charge on any atom is 0.359 e. The first-order valence-electron chi connectivity index (χ1n) is 9.25. The molecule has 0 aromatic rings. The van der Waals surface area contributed by atoms with Crippen LogP contribution in [0, 0.1) is 11.3 Å². The Labute approximate surface area is 184 Å². The van der Waals surface area contributed by atoms with Gasteiger partial charge in [-0.05, 0) is 40.7 Å². The molecular formula is C18H27ClN2O6S2. The lowest BCUT2D eigenvalue weighted by molar-refractivity contribution is -0.174. The number of β-lactam (4-membered cyclic amide) rings is 1.